The molecule has 2 aromatic carbocycles. The van der Waals surface area contributed by atoms with Crippen molar-refractivity contribution >= 4 is 16.8 Å². The Morgan fingerprint density at radius 2 is 1.73 bits per heavy atom. The Bertz CT molecular complexity index is 1400. The number of furan rings is 1. The van der Waals surface area contributed by atoms with E-state index in [1.807, 2.05) is 36.4 Å². The third-order valence-electron chi connectivity index (χ3n) is 7.95. The van der Waals surface area contributed by atoms with Gasteiger partial charge < -0.3 is 14.3 Å². The highest BCUT2D eigenvalue weighted by Crippen LogP contribution is 2.36. The minimum Gasteiger partial charge on any atom is -0.459 e. The number of hydrogen-bond acceptors (Lipinski definition) is 4. The number of likely N-dealkylation sites (tertiary alicyclic amines) is 1. The molecule has 1 saturated carbocycles. The SMILES string of the molecule is O=C(c1ccco1)N(C1CC1)C(Cc1ccccc1)C1CCN(Cc2cc3ccccc3[nH]c2=O)CC1. The van der Waals surface area contributed by atoms with Gasteiger partial charge >= 0.3 is 0 Å². The normalized spacial score (nSPS) is 17.6. The molecule has 1 atom stereocenters. The first-order valence-corrected chi connectivity index (χ1v) is 13.4. The molecule has 0 bridgehead atoms. The van der Waals surface area contributed by atoms with Crippen LogP contribution in [-0.2, 0) is 13.0 Å². The van der Waals surface area contributed by atoms with Crippen molar-refractivity contribution in [2.45, 2.75) is 50.7 Å². The first-order chi connectivity index (χ1) is 18.2. The molecule has 2 fully saturated rings. The molecular weight excluding hydrogens is 462 g/mol. The molecule has 3 heterocycles. The standard InChI is InChI=1S/C31H33N3O3/c35-30-25(20-24-9-4-5-10-27(24)32-30)21-33-16-14-23(15-17-33)28(19-22-7-2-1-3-8-22)34(26-12-13-26)31(36)29-11-6-18-37-29/h1-11,18,20,23,26,28H,12-17,19,21H2,(H,32,35). The summed E-state index contributed by atoms with van der Waals surface area (Å²) in [5.41, 5.74) is 2.94. The van der Waals surface area contributed by atoms with Crippen LogP contribution in [0.3, 0.4) is 0 Å². The highest BCUT2D eigenvalue weighted by Gasteiger charge is 2.42. The number of para-hydroxylation sites is 1. The Morgan fingerprint density at radius 1 is 0.973 bits per heavy atom. The molecule has 2 aromatic heterocycles. The van der Waals surface area contributed by atoms with Crippen LogP contribution >= 0.6 is 0 Å². The maximum Gasteiger partial charge on any atom is 0.290 e. The average Bonchev–Trinajstić information content (AvgIpc) is 3.60. The van der Waals surface area contributed by atoms with Crippen molar-refractivity contribution in [3.8, 4) is 0 Å². The van der Waals surface area contributed by atoms with Gasteiger partial charge in [-0.2, -0.15) is 0 Å². The van der Waals surface area contributed by atoms with Gasteiger partial charge in [-0.1, -0.05) is 48.5 Å². The Balaban J connectivity index is 1.20. The van der Waals surface area contributed by atoms with E-state index in [1.165, 1.54) is 5.56 Å². The number of aromatic amines is 1. The third kappa shape index (κ3) is 5.25. The maximum atomic E-state index is 13.6. The van der Waals surface area contributed by atoms with Crippen molar-refractivity contribution in [1.82, 2.24) is 14.8 Å². The number of hydrogen-bond donors (Lipinski definition) is 1. The van der Waals surface area contributed by atoms with Crippen LogP contribution in [0.1, 0.15) is 47.4 Å². The van der Waals surface area contributed by atoms with Gasteiger partial charge in [0.2, 0.25) is 0 Å². The number of benzene rings is 2. The molecule has 2 aliphatic rings. The van der Waals surface area contributed by atoms with Gasteiger partial charge in [0.25, 0.3) is 11.5 Å². The summed E-state index contributed by atoms with van der Waals surface area (Å²) in [5, 5.41) is 1.06. The molecule has 1 aliphatic carbocycles. The number of aromatic nitrogens is 1. The number of rotatable bonds is 8. The highest BCUT2D eigenvalue weighted by atomic mass is 16.3. The lowest BCUT2D eigenvalue weighted by molar-refractivity contribution is 0.0453. The summed E-state index contributed by atoms with van der Waals surface area (Å²) in [6, 6.07) is 24.4. The fourth-order valence-electron chi connectivity index (χ4n) is 5.86. The lowest BCUT2D eigenvalue weighted by Gasteiger charge is -2.41. The van der Waals surface area contributed by atoms with E-state index in [2.05, 4.69) is 39.0 Å². The van der Waals surface area contributed by atoms with Gasteiger partial charge in [-0.25, -0.2) is 0 Å². The number of amides is 1. The Labute approximate surface area is 216 Å². The lowest BCUT2D eigenvalue weighted by Crippen LogP contribution is -2.50. The molecule has 6 rings (SSSR count). The van der Waals surface area contributed by atoms with Crippen LogP contribution in [0.25, 0.3) is 10.9 Å². The third-order valence-corrected chi connectivity index (χ3v) is 7.95. The zero-order valence-corrected chi connectivity index (χ0v) is 21.0. The number of carbonyl (C=O) groups excluding carboxylic acids is 1. The second-order valence-electron chi connectivity index (χ2n) is 10.5. The average molecular weight is 496 g/mol. The lowest BCUT2D eigenvalue weighted by atomic mass is 9.84. The molecule has 190 valence electrons. The maximum absolute atomic E-state index is 13.6. The number of pyridine rings is 1. The second-order valence-corrected chi connectivity index (χ2v) is 10.5. The van der Waals surface area contributed by atoms with Crippen LogP contribution in [0.2, 0.25) is 0 Å². The zero-order valence-electron chi connectivity index (χ0n) is 21.0. The predicted octanol–water partition coefficient (Wildman–Crippen LogP) is 5.25. The van der Waals surface area contributed by atoms with Crippen molar-refractivity contribution in [1.29, 1.82) is 0 Å². The Morgan fingerprint density at radius 3 is 2.46 bits per heavy atom. The van der Waals surface area contributed by atoms with E-state index in [9.17, 15) is 9.59 Å². The topological polar surface area (TPSA) is 69.6 Å². The Kier molecular flexibility index (Phi) is 6.66. The van der Waals surface area contributed by atoms with Crippen LogP contribution < -0.4 is 5.56 Å². The first kappa shape index (κ1) is 23.7. The molecule has 6 heteroatoms. The molecule has 4 aromatic rings. The molecule has 6 nitrogen and oxygen atoms in total. The van der Waals surface area contributed by atoms with Crippen molar-refractivity contribution in [2.75, 3.05) is 13.1 Å². The molecule has 0 radical (unpaired) electrons. The molecule has 1 unspecified atom stereocenters. The summed E-state index contributed by atoms with van der Waals surface area (Å²) >= 11 is 0. The number of fused-ring (bicyclic) bond motifs is 1. The first-order valence-electron chi connectivity index (χ1n) is 13.4. The predicted molar refractivity (Wildman–Crippen MR) is 144 cm³/mol. The molecule has 0 spiro atoms. The number of nitrogens with zero attached hydrogens (tertiary/aromatic N) is 2. The van der Waals surface area contributed by atoms with Crippen molar-refractivity contribution in [3.63, 3.8) is 0 Å². The largest absolute Gasteiger partial charge is 0.459 e. The highest BCUT2D eigenvalue weighted by molar-refractivity contribution is 5.92. The molecule has 1 aliphatic heterocycles. The van der Waals surface area contributed by atoms with E-state index in [-0.39, 0.29) is 17.5 Å². The summed E-state index contributed by atoms with van der Waals surface area (Å²) in [5.74, 6) is 0.836. The summed E-state index contributed by atoms with van der Waals surface area (Å²) < 4.78 is 5.54. The van der Waals surface area contributed by atoms with Crippen LogP contribution in [0.4, 0.5) is 0 Å². The van der Waals surface area contributed by atoms with Crippen LogP contribution in [-0.4, -0.2) is 45.9 Å². The van der Waals surface area contributed by atoms with Gasteiger partial charge in [-0.05, 0) is 86.3 Å². The van der Waals surface area contributed by atoms with E-state index < -0.39 is 0 Å². The van der Waals surface area contributed by atoms with Crippen molar-refractivity contribution in [2.24, 2.45) is 5.92 Å². The summed E-state index contributed by atoms with van der Waals surface area (Å²) in [6.45, 7) is 2.47. The Hall–Kier alpha value is -3.64. The van der Waals surface area contributed by atoms with E-state index in [0.717, 1.165) is 61.7 Å². The van der Waals surface area contributed by atoms with Gasteiger partial charge in [0.05, 0.1) is 6.26 Å². The van der Waals surface area contributed by atoms with Crippen LogP contribution in [0.15, 0.2) is 88.3 Å². The van der Waals surface area contributed by atoms with Gasteiger partial charge in [-0.15, -0.1) is 0 Å². The van der Waals surface area contributed by atoms with Crippen LogP contribution in [0.5, 0.6) is 0 Å². The molecular formula is C31H33N3O3. The molecule has 1 saturated heterocycles. The fraction of sp³-hybridized carbons (Fsp3) is 0.355. The second kappa shape index (κ2) is 10.4. The fourth-order valence-corrected chi connectivity index (χ4v) is 5.86. The summed E-state index contributed by atoms with van der Waals surface area (Å²) in [6.07, 6.45) is 6.54. The smallest absolute Gasteiger partial charge is 0.290 e. The van der Waals surface area contributed by atoms with Gasteiger partial charge in [0.15, 0.2) is 5.76 Å². The minimum absolute atomic E-state index is 0.00766. The number of piperidine rings is 1. The van der Waals surface area contributed by atoms with E-state index in [4.69, 9.17) is 4.42 Å². The van der Waals surface area contributed by atoms with Gasteiger partial charge in [-0.3, -0.25) is 14.5 Å². The molecule has 37 heavy (non-hydrogen) atoms. The van der Waals surface area contributed by atoms with Crippen molar-refractivity contribution in [3.05, 3.63) is 106 Å². The molecule has 1 N–H and O–H groups in total. The number of H-pyrrole nitrogens is 1. The molecule has 1 amide bonds. The zero-order chi connectivity index (χ0) is 25.2. The quantitative estimate of drug-likeness (QED) is 0.363. The van der Waals surface area contributed by atoms with E-state index in [0.29, 0.717) is 24.3 Å². The monoisotopic (exact) mass is 495 g/mol. The van der Waals surface area contributed by atoms with E-state index in [1.54, 1.807) is 18.4 Å². The summed E-state index contributed by atoms with van der Waals surface area (Å²) in [7, 11) is 0. The van der Waals surface area contributed by atoms with E-state index >= 15 is 0 Å². The van der Waals surface area contributed by atoms with Crippen LogP contribution in [0, 0.1) is 5.92 Å². The minimum atomic E-state index is -0.00766. The van der Waals surface area contributed by atoms with Gasteiger partial charge in [0, 0.05) is 29.7 Å². The number of carbonyl (C=O) groups is 1. The van der Waals surface area contributed by atoms with Gasteiger partial charge in [0.1, 0.15) is 0 Å². The summed E-state index contributed by atoms with van der Waals surface area (Å²) in [4.78, 5) is 33.8. The number of nitrogens with one attached hydrogen (secondary N) is 1. The van der Waals surface area contributed by atoms with Crippen molar-refractivity contribution < 1.29 is 9.21 Å².